The van der Waals surface area contributed by atoms with Crippen LogP contribution in [0.4, 0.5) is 0 Å². The number of carbonyl (C=O) groups excluding carboxylic acids is 1. The number of rotatable bonds is 8. The highest BCUT2D eigenvalue weighted by Crippen LogP contribution is 2.20. The van der Waals surface area contributed by atoms with Gasteiger partial charge in [-0.2, -0.15) is 0 Å². The van der Waals surface area contributed by atoms with E-state index in [1.54, 1.807) is 0 Å². The third-order valence-electron chi connectivity index (χ3n) is 4.21. The maximum Gasteiger partial charge on any atom is 0.222 e. The van der Waals surface area contributed by atoms with Crippen molar-refractivity contribution in [1.29, 1.82) is 0 Å². The SMILES string of the molecule is CC[C@@H](NC(=O)CCOCc1ccccc1)C1CCOCC1. The van der Waals surface area contributed by atoms with Gasteiger partial charge in [0.15, 0.2) is 0 Å². The summed E-state index contributed by atoms with van der Waals surface area (Å²) in [6.45, 7) is 4.79. The first-order valence-corrected chi connectivity index (χ1v) is 8.28. The summed E-state index contributed by atoms with van der Waals surface area (Å²) < 4.78 is 11.0. The second kappa shape index (κ2) is 9.59. The van der Waals surface area contributed by atoms with Crippen LogP contribution in [0.3, 0.4) is 0 Å². The molecule has 4 nitrogen and oxygen atoms in total. The molecule has 0 radical (unpaired) electrons. The highest BCUT2D eigenvalue weighted by Gasteiger charge is 2.23. The summed E-state index contributed by atoms with van der Waals surface area (Å²) in [5.74, 6) is 0.638. The molecule has 4 heteroatoms. The van der Waals surface area contributed by atoms with Gasteiger partial charge < -0.3 is 14.8 Å². The molecule has 0 aliphatic carbocycles. The minimum atomic E-state index is 0.0893. The van der Waals surface area contributed by atoms with Gasteiger partial charge in [-0.15, -0.1) is 0 Å². The van der Waals surface area contributed by atoms with E-state index in [1.807, 2.05) is 30.3 Å². The predicted molar refractivity (Wildman–Crippen MR) is 86.5 cm³/mol. The van der Waals surface area contributed by atoms with Gasteiger partial charge in [0.25, 0.3) is 0 Å². The number of ether oxygens (including phenoxy) is 2. The Labute approximate surface area is 133 Å². The highest BCUT2D eigenvalue weighted by atomic mass is 16.5. The number of benzene rings is 1. The van der Waals surface area contributed by atoms with Crippen molar-refractivity contribution >= 4 is 5.91 Å². The van der Waals surface area contributed by atoms with Gasteiger partial charge in [0, 0.05) is 25.7 Å². The first-order valence-electron chi connectivity index (χ1n) is 8.28. The fourth-order valence-electron chi connectivity index (χ4n) is 2.88. The highest BCUT2D eigenvalue weighted by molar-refractivity contribution is 5.76. The Morgan fingerprint density at radius 1 is 1.32 bits per heavy atom. The molecule has 1 atom stereocenters. The molecule has 0 unspecified atom stereocenters. The van der Waals surface area contributed by atoms with Gasteiger partial charge in [-0.05, 0) is 30.7 Å². The number of amides is 1. The molecule has 0 spiro atoms. The zero-order valence-electron chi connectivity index (χ0n) is 13.4. The smallest absolute Gasteiger partial charge is 0.222 e. The van der Waals surface area contributed by atoms with Crippen molar-refractivity contribution in [2.45, 2.75) is 45.3 Å². The molecule has 1 amide bonds. The molecule has 0 aromatic heterocycles. The number of hydrogen-bond acceptors (Lipinski definition) is 3. The van der Waals surface area contributed by atoms with Crippen LogP contribution in [-0.4, -0.2) is 31.8 Å². The summed E-state index contributed by atoms with van der Waals surface area (Å²) >= 11 is 0. The van der Waals surface area contributed by atoms with E-state index in [1.165, 1.54) is 0 Å². The van der Waals surface area contributed by atoms with Crippen LogP contribution in [0.1, 0.15) is 38.2 Å². The summed E-state index contributed by atoms with van der Waals surface area (Å²) in [6.07, 6.45) is 3.49. The van der Waals surface area contributed by atoms with Gasteiger partial charge in [0.2, 0.25) is 5.91 Å². The second-order valence-corrected chi connectivity index (χ2v) is 5.82. The zero-order chi connectivity index (χ0) is 15.6. The minimum absolute atomic E-state index is 0.0893. The average molecular weight is 305 g/mol. The predicted octanol–water partition coefficient (Wildman–Crippen LogP) is 2.91. The van der Waals surface area contributed by atoms with Gasteiger partial charge in [0.05, 0.1) is 13.2 Å². The summed E-state index contributed by atoms with van der Waals surface area (Å²) in [5, 5.41) is 3.16. The molecule has 1 heterocycles. The lowest BCUT2D eigenvalue weighted by atomic mass is 9.90. The number of hydrogen-bond donors (Lipinski definition) is 1. The van der Waals surface area contributed by atoms with E-state index in [0.29, 0.717) is 25.6 Å². The van der Waals surface area contributed by atoms with E-state index in [9.17, 15) is 4.79 Å². The molecule has 122 valence electrons. The second-order valence-electron chi connectivity index (χ2n) is 5.82. The first-order chi connectivity index (χ1) is 10.8. The lowest BCUT2D eigenvalue weighted by molar-refractivity contribution is -0.123. The Morgan fingerprint density at radius 2 is 2.05 bits per heavy atom. The normalized spacial score (nSPS) is 17.1. The van der Waals surface area contributed by atoms with Crippen molar-refractivity contribution in [3.8, 4) is 0 Å². The maximum atomic E-state index is 12.0. The zero-order valence-corrected chi connectivity index (χ0v) is 13.4. The molecule has 1 aliphatic rings. The van der Waals surface area contributed by atoms with Crippen molar-refractivity contribution in [3.63, 3.8) is 0 Å². The molecule has 1 saturated heterocycles. The summed E-state index contributed by atoms with van der Waals surface area (Å²) in [7, 11) is 0. The quantitative estimate of drug-likeness (QED) is 0.751. The molecular formula is C18H27NO3. The molecule has 1 aromatic rings. The van der Waals surface area contributed by atoms with Gasteiger partial charge in [-0.25, -0.2) is 0 Å². The minimum Gasteiger partial charge on any atom is -0.381 e. The largest absolute Gasteiger partial charge is 0.381 e. The standard InChI is InChI=1S/C18H27NO3/c1-2-17(16-8-11-21-12-9-16)19-18(20)10-13-22-14-15-6-4-3-5-7-15/h3-7,16-17H,2,8-14H2,1H3,(H,19,20)/t17-/m1/s1. The molecule has 1 aliphatic heterocycles. The summed E-state index contributed by atoms with van der Waals surface area (Å²) in [6, 6.07) is 10.3. The van der Waals surface area contributed by atoms with E-state index < -0.39 is 0 Å². The monoisotopic (exact) mass is 305 g/mol. The van der Waals surface area contributed by atoms with Crippen LogP contribution in [0.25, 0.3) is 0 Å². The average Bonchev–Trinajstić information content (AvgIpc) is 2.58. The van der Waals surface area contributed by atoms with Crippen molar-refractivity contribution in [2.75, 3.05) is 19.8 Å². The van der Waals surface area contributed by atoms with Gasteiger partial charge in [0.1, 0.15) is 0 Å². The first kappa shape index (κ1) is 17.0. The Balaban J connectivity index is 1.63. The topological polar surface area (TPSA) is 47.6 Å². The Hall–Kier alpha value is -1.39. The van der Waals surface area contributed by atoms with Crippen LogP contribution in [0.2, 0.25) is 0 Å². The summed E-state index contributed by atoms with van der Waals surface area (Å²) in [5.41, 5.74) is 1.14. The Morgan fingerprint density at radius 3 is 2.73 bits per heavy atom. The molecule has 1 aromatic carbocycles. The molecular weight excluding hydrogens is 278 g/mol. The maximum absolute atomic E-state index is 12.0. The van der Waals surface area contributed by atoms with Gasteiger partial charge in [-0.3, -0.25) is 4.79 Å². The molecule has 22 heavy (non-hydrogen) atoms. The van der Waals surface area contributed by atoms with Crippen molar-refractivity contribution < 1.29 is 14.3 Å². The Kier molecular flexibility index (Phi) is 7.40. The van der Waals surface area contributed by atoms with Crippen LogP contribution in [-0.2, 0) is 20.9 Å². The molecule has 2 rings (SSSR count). The fraction of sp³-hybridized carbons (Fsp3) is 0.611. The van der Waals surface area contributed by atoms with Crippen molar-refractivity contribution in [1.82, 2.24) is 5.32 Å². The summed E-state index contributed by atoms with van der Waals surface area (Å²) in [4.78, 5) is 12.0. The number of carbonyl (C=O) groups is 1. The van der Waals surface area contributed by atoms with E-state index in [2.05, 4.69) is 12.2 Å². The van der Waals surface area contributed by atoms with Gasteiger partial charge >= 0.3 is 0 Å². The lowest BCUT2D eigenvalue weighted by Gasteiger charge is -2.30. The van der Waals surface area contributed by atoms with Gasteiger partial charge in [-0.1, -0.05) is 37.3 Å². The van der Waals surface area contributed by atoms with Crippen LogP contribution < -0.4 is 5.32 Å². The fourth-order valence-corrected chi connectivity index (χ4v) is 2.88. The third kappa shape index (κ3) is 5.78. The van der Waals surface area contributed by atoms with E-state index in [0.717, 1.165) is 38.0 Å². The Bertz CT molecular complexity index is 429. The van der Waals surface area contributed by atoms with E-state index in [-0.39, 0.29) is 11.9 Å². The van der Waals surface area contributed by atoms with Crippen LogP contribution in [0.15, 0.2) is 30.3 Å². The molecule has 0 saturated carbocycles. The molecule has 1 fully saturated rings. The third-order valence-corrected chi connectivity index (χ3v) is 4.21. The lowest BCUT2D eigenvalue weighted by Crippen LogP contribution is -2.42. The van der Waals surface area contributed by atoms with Crippen molar-refractivity contribution in [3.05, 3.63) is 35.9 Å². The van der Waals surface area contributed by atoms with Crippen molar-refractivity contribution in [2.24, 2.45) is 5.92 Å². The van der Waals surface area contributed by atoms with Crippen LogP contribution in [0.5, 0.6) is 0 Å². The van der Waals surface area contributed by atoms with E-state index in [4.69, 9.17) is 9.47 Å². The molecule has 1 N–H and O–H groups in total. The van der Waals surface area contributed by atoms with Crippen LogP contribution >= 0.6 is 0 Å². The molecule has 0 bridgehead atoms. The van der Waals surface area contributed by atoms with Crippen LogP contribution in [0, 0.1) is 5.92 Å². The number of nitrogens with one attached hydrogen (secondary N) is 1. The van der Waals surface area contributed by atoms with E-state index >= 15 is 0 Å².